The molecule has 2 aromatic heterocycles. The zero-order valence-corrected chi connectivity index (χ0v) is 23.3. The first kappa shape index (κ1) is 27.1. The van der Waals surface area contributed by atoms with Crippen LogP contribution in [0.1, 0.15) is 55.9 Å². The van der Waals surface area contributed by atoms with E-state index in [0.717, 1.165) is 6.07 Å². The molecule has 1 aliphatic heterocycles. The van der Waals surface area contributed by atoms with E-state index in [1.807, 2.05) is 0 Å². The minimum Gasteiger partial charge on any atom is -0.345 e. The standard InChI is InChI=1S/C30H22Cl2FN5O3/c1-37-14-19(12-36-37)27(39)18-10-24-26(25(33)11-18)30(20-2-4-21(31)5-3-20,41-17-29(16-34)8-9-29)38(28(24)40)15-23-7-6-22(32)13-35-23/h2-7,10-14H,8-9,15,17H2,1H3/t30-/m1/s1. The molecule has 41 heavy (non-hydrogen) atoms. The summed E-state index contributed by atoms with van der Waals surface area (Å²) in [6, 6.07) is 14.7. The van der Waals surface area contributed by atoms with E-state index in [9.17, 15) is 14.9 Å². The van der Waals surface area contributed by atoms with E-state index in [2.05, 4.69) is 16.2 Å². The van der Waals surface area contributed by atoms with Gasteiger partial charge in [0.1, 0.15) is 5.82 Å². The highest BCUT2D eigenvalue weighted by atomic mass is 35.5. The molecule has 0 unspecified atom stereocenters. The zero-order chi connectivity index (χ0) is 28.9. The van der Waals surface area contributed by atoms with Crippen LogP contribution in [-0.2, 0) is 24.1 Å². The van der Waals surface area contributed by atoms with Gasteiger partial charge in [-0.3, -0.25) is 24.2 Å². The highest BCUT2D eigenvalue weighted by Crippen LogP contribution is 2.52. The summed E-state index contributed by atoms with van der Waals surface area (Å²) in [5, 5.41) is 14.7. The third-order valence-electron chi connectivity index (χ3n) is 7.51. The first-order valence-corrected chi connectivity index (χ1v) is 13.5. The second kappa shape index (κ2) is 10.1. The first-order valence-electron chi connectivity index (χ1n) is 12.8. The van der Waals surface area contributed by atoms with Crippen molar-refractivity contribution in [3.63, 3.8) is 0 Å². The van der Waals surface area contributed by atoms with Gasteiger partial charge in [0.05, 0.1) is 58.2 Å². The van der Waals surface area contributed by atoms with Gasteiger partial charge in [-0.15, -0.1) is 0 Å². The molecule has 206 valence electrons. The van der Waals surface area contributed by atoms with Crippen molar-refractivity contribution >= 4 is 34.9 Å². The van der Waals surface area contributed by atoms with Crippen LogP contribution in [0.25, 0.3) is 0 Å². The van der Waals surface area contributed by atoms with Gasteiger partial charge in [0.25, 0.3) is 5.91 Å². The van der Waals surface area contributed by atoms with E-state index in [1.165, 1.54) is 34.2 Å². The number of benzene rings is 2. The van der Waals surface area contributed by atoms with Gasteiger partial charge in [-0.25, -0.2) is 4.39 Å². The van der Waals surface area contributed by atoms with E-state index in [0.29, 0.717) is 34.1 Å². The lowest BCUT2D eigenvalue weighted by atomic mass is 9.90. The van der Waals surface area contributed by atoms with Crippen molar-refractivity contribution in [3.8, 4) is 6.07 Å². The lowest BCUT2D eigenvalue weighted by Crippen LogP contribution is -2.47. The number of aryl methyl sites for hydroxylation is 1. The summed E-state index contributed by atoms with van der Waals surface area (Å²) in [5.41, 5.74) is -1.42. The van der Waals surface area contributed by atoms with E-state index in [1.54, 1.807) is 43.4 Å². The van der Waals surface area contributed by atoms with Gasteiger partial charge < -0.3 is 4.74 Å². The minimum atomic E-state index is -1.77. The highest BCUT2D eigenvalue weighted by molar-refractivity contribution is 6.30. The number of ether oxygens (including phenoxy) is 1. The first-order chi connectivity index (χ1) is 19.7. The number of aromatic nitrogens is 3. The summed E-state index contributed by atoms with van der Waals surface area (Å²) in [6.45, 7) is -0.114. The number of nitriles is 1. The Morgan fingerprint density at radius 1 is 1.10 bits per heavy atom. The largest absolute Gasteiger partial charge is 0.345 e. The van der Waals surface area contributed by atoms with Crippen LogP contribution >= 0.6 is 23.2 Å². The quantitative estimate of drug-likeness (QED) is 0.245. The van der Waals surface area contributed by atoms with Crippen molar-refractivity contribution in [2.24, 2.45) is 12.5 Å². The van der Waals surface area contributed by atoms with Crippen LogP contribution in [0.15, 0.2) is 67.1 Å². The molecule has 11 heteroatoms. The number of fused-ring (bicyclic) bond motifs is 1. The van der Waals surface area contributed by atoms with Gasteiger partial charge in [-0.2, -0.15) is 10.4 Å². The maximum atomic E-state index is 16.4. The summed E-state index contributed by atoms with van der Waals surface area (Å²) >= 11 is 12.2. The molecule has 2 aliphatic rings. The molecule has 0 bridgehead atoms. The summed E-state index contributed by atoms with van der Waals surface area (Å²) in [4.78, 5) is 33.2. The number of pyridine rings is 1. The normalized spacial score (nSPS) is 18.7. The Morgan fingerprint density at radius 2 is 1.83 bits per heavy atom. The second-order valence-electron chi connectivity index (χ2n) is 10.3. The van der Waals surface area contributed by atoms with Crippen molar-refractivity contribution in [2.45, 2.75) is 25.1 Å². The van der Waals surface area contributed by atoms with E-state index in [-0.39, 0.29) is 35.4 Å². The number of ketones is 1. The van der Waals surface area contributed by atoms with Crippen LogP contribution in [0, 0.1) is 22.6 Å². The van der Waals surface area contributed by atoms with Gasteiger partial charge in [0.15, 0.2) is 11.5 Å². The summed E-state index contributed by atoms with van der Waals surface area (Å²) in [5.74, 6) is -1.84. The molecular weight excluding hydrogens is 568 g/mol. The maximum absolute atomic E-state index is 16.4. The van der Waals surface area contributed by atoms with Gasteiger partial charge in [0, 0.05) is 35.6 Å². The monoisotopic (exact) mass is 589 g/mol. The van der Waals surface area contributed by atoms with Gasteiger partial charge >= 0.3 is 0 Å². The van der Waals surface area contributed by atoms with Crippen molar-refractivity contribution in [2.75, 3.05) is 6.61 Å². The van der Waals surface area contributed by atoms with Crippen molar-refractivity contribution < 1.29 is 18.7 Å². The average Bonchev–Trinajstić information content (AvgIpc) is 3.56. The van der Waals surface area contributed by atoms with Crippen LogP contribution in [-0.4, -0.2) is 38.0 Å². The lowest BCUT2D eigenvalue weighted by Gasteiger charge is -2.40. The summed E-state index contributed by atoms with van der Waals surface area (Å²) in [7, 11) is 1.66. The Labute approximate surface area is 244 Å². The molecule has 2 aromatic carbocycles. The van der Waals surface area contributed by atoms with Crippen molar-refractivity contribution in [1.82, 2.24) is 19.7 Å². The Bertz CT molecular complexity index is 1730. The molecular formula is C30H22Cl2FN5O3. The molecule has 1 amide bonds. The van der Waals surface area contributed by atoms with Gasteiger partial charge in [-0.05, 0) is 49.2 Å². The molecule has 6 rings (SSSR count). The van der Waals surface area contributed by atoms with Crippen LogP contribution in [0.5, 0.6) is 0 Å². The number of carbonyl (C=O) groups excluding carboxylic acids is 2. The van der Waals surface area contributed by atoms with Gasteiger partial charge in [0.2, 0.25) is 0 Å². The SMILES string of the molecule is Cn1cc(C(=O)c2cc(F)c3c(c2)C(=O)N(Cc2ccc(Cl)cn2)[C@@]3(OCC2(C#N)CC2)c2ccc(Cl)cc2)cn1. The molecule has 1 saturated carbocycles. The van der Waals surface area contributed by atoms with Crippen molar-refractivity contribution in [1.29, 1.82) is 5.26 Å². The number of rotatable bonds is 8. The highest BCUT2D eigenvalue weighted by Gasteiger charge is 2.56. The van der Waals surface area contributed by atoms with Crippen LogP contribution in [0.3, 0.4) is 0 Å². The average molecular weight is 590 g/mol. The Hall–Kier alpha value is -4.10. The predicted molar refractivity (Wildman–Crippen MR) is 148 cm³/mol. The molecule has 8 nitrogen and oxygen atoms in total. The summed E-state index contributed by atoms with van der Waals surface area (Å²) in [6.07, 6.45) is 5.61. The number of nitrogens with zero attached hydrogens (tertiary/aromatic N) is 5. The molecule has 1 aliphatic carbocycles. The second-order valence-corrected chi connectivity index (χ2v) is 11.2. The number of hydrogen-bond donors (Lipinski definition) is 0. The lowest BCUT2D eigenvalue weighted by molar-refractivity contribution is -0.122. The molecule has 0 saturated heterocycles. The molecule has 4 aromatic rings. The van der Waals surface area contributed by atoms with Gasteiger partial charge in [-0.1, -0.05) is 35.3 Å². The smallest absolute Gasteiger partial charge is 0.257 e. The zero-order valence-electron chi connectivity index (χ0n) is 21.8. The maximum Gasteiger partial charge on any atom is 0.257 e. The third-order valence-corrected chi connectivity index (χ3v) is 7.98. The Balaban J connectivity index is 1.55. The Kier molecular flexibility index (Phi) is 6.65. The summed E-state index contributed by atoms with van der Waals surface area (Å²) < 4.78 is 24.4. The molecule has 3 heterocycles. The van der Waals surface area contributed by atoms with Crippen LogP contribution in [0.4, 0.5) is 4.39 Å². The number of hydrogen-bond acceptors (Lipinski definition) is 6. The minimum absolute atomic E-state index is 0.00485. The number of halogens is 3. The van der Waals surface area contributed by atoms with E-state index < -0.39 is 28.6 Å². The molecule has 0 N–H and O–H groups in total. The molecule has 0 radical (unpaired) electrons. The third kappa shape index (κ3) is 4.68. The van der Waals surface area contributed by atoms with Crippen LogP contribution in [0.2, 0.25) is 10.0 Å². The number of amides is 1. The molecule has 0 spiro atoms. The number of carbonyl (C=O) groups is 2. The van der Waals surface area contributed by atoms with E-state index in [4.69, 9.17) is 27.9 Å². The Morgan fingerprint density at radius 3 is 2.44 bits per heavy atom. The van der Waals surface area contributed by atoms with E-state index >= 15 is 4.39 Å². The predicted octanol–water partition coefficient (Wildman–Crippen LogP) is 5.67. The topological polar surface area (TPSA) is 101 Å². The molecule has 1 atom stereocenters. The van der Waals surface area contributed by atoms with Crippen molar-refractivity contribution in [3.05, 3.63) is 116 Å². The van der Waals surface area contributed by atoms with Crippen LogP contribution < -0.4 is 0 Å². The molecule has 1 fully saturated rings. The fourth-order valence-electron chi connectivity index (χ4n) is 5.12. The fourth-order valence-corrected chi connectivity index (χ4v) is 5.35. The fraction of sp³-hybridized carbons (Fsp3) is 0.233.